The average Bonchev–Trinajstić information content (AvgIpc) is 2.76. The molecule has 2 N–H and O–H groups in total. The molecule has 0 aromatic heterocycles. The van der Waals surface area contributed by atoms with Gasteiger partial charge in [0, 0.05) is 5.75 Å². The van der Waals surface area contributed by atoms with Gasteiger partial charge in [0.1, 0.15) is 18.4 Å². The largest absolute Gasteiger partial charge is 0.490 e. The normalized spacial score (nSPS) is 22.5. The first-order chi connectivity index (χ1) is 8.97. The van der Waals surface area contributed by atoms with Crippen molar-refractivity contribution in [3.05, 3.63) is 27.7 Å². The van der Waals surface area contributed by atoms with Gasteiger partial charge < -0.3 is 9.84 Å². The van der Waals surface area contributed by atoms with E-state index in [1.54, 1.807) is 11.8 Å². The minimum absolute atomic E-state index is 0.0219. The molecule has 4 nitrogen and oxygen atoms in total. The molecule has 1 aromatic rings. The Hall–Kier alpha value is -0.720. The second-order valence-electron chi connectivity index (χ2n) is 4.58. The monoisotopic (exact) mass is 345 g/mol. The van der Waals surface area contributed by atoms with Gasteiger partial charge in [-0.2, -0.15) is 0 Å². The number of aryl methyl sites for hydroxylation is 2. The van der Waals surface area contributed by atoms with Crippen molar-refractivity contribution >= 4 is 33.7 Å². The van der Waals surface area contributed by atoms with E-state index in [2.05, 4.69) is 27.3 Å². The highest BCUT2D eigenvalue weighted by Crippen LogP contribution is 2.31. The Bertz CT molecular complexity index is 472. The molecule has 19 heavy (non-hydrogen) atoms. The number of halogens is 1. The van der Waals surface area contributed by atoms with Gasteiger partial charge in [0.25, 0.3) is 0 Å². The van der Waals surface area contributed by atoms with E-state index >= 15 is 0 Å². The lowest BCUT2D eigenvalue weighted by Gasteiger charge is -2.16. The number of carboxylic acids is 1. The van der Waals surface area contributed by atoms with Crippen LogP contribution in [0.5, 0.6) is 5.75 Å². The summed E-state index contributed by atoms with van der Waals surface area (Å²) < 4.78 is 6.74. The molecule has 1 saturated heterocycles. The maximum Gasteiger partial charge on any atom is 0.321 e. The van der Waals surface area contributed by atoms with Crippen LogP contribution in [0.25, 0.3) is 0 Å². The molecule has 1 heterocycles. The van der Waals surface area contributed by atoms with Gasteiger partial charge in [-0.25, -0.2) is 0 Å². The molecule has 0 radical (unpaired) electrons. The molecular formula is C13H16BrNO3S. The van der Waals surface area contributed by atoms with E-state index in [-0.39, 0.29) is 5.37 Å². The molecule has 1 aromatic carbocycles. The van der Waals surface area contributed by atoms with E-state index < -0.39 is 12.0 Å². The molecular weight excluding hydrogens is 330 g/mol. The fourth-order valence-corrected chi connectivity index (χ4v) is 3.89. The summed E-state index contributed by atoms with van der Waals surface area (Å²) in [5.41, 5.74) is 2.25. The maximum atomic E-state index is 10.8. The number of carboxylic acid groups (broad SMARTS) is 1. The fraction of sp³-hybridized carbons (Fsp3) is 0.462. The van der Waals surface area contributed by atoms with Crippen LogP contribution < -0.4 is 10.1 Å². The van der Waals surface area contributed by atoms with Gasteiger partial charge in [0.05, 0.1) is 9.85 Å². The van der Waals surface area contributed by atoms with Crippen molar-refractivity contribution in [2.75, 3.05) is 12.4 Å². The number of carbonyl (C=O) groups is 1. The Balaban J connectivity index is 1.95. The first-order valence-corrected chi connectivity index (χ1v) is 7.81. The molecule has 104 valence electrons. The highest BCUT2D eigenvalue weighted by Gasteiger charge is 2.29. The summed E-state index contributed by atoms with van der Waals surface area (Å²) in [6.07, 6.45) is 0. The van der Waals surface area contributed by atoms with Crippen LogP contribution in [0.2, 0.25) is 0 Å². The van der Waals surface area contributed by atoms with Crippen molar-refractivity contribution in [2.24, 2.45) is 0 Å². The highest BCUT2D eigenvalue weighted by atomic mass is 79.9. The van der Waals surface area contributed by atoms with Crippen molar-refractivity contribution in [3.8, 4) is 5.75 Å². The zero-order chi connectivity index (χ0) is 14.0. The zero-order valence-electron chi connectivity index (χ0n) is 10.8. The summed E-state index contributed by atoms with van der Waals surface area (Å²) in [7, 11) is 0. The van der Waals surface area contributed by atoms with Gasteiger partial charge in [0.2, 0.25) is 0 Å². The van der Waals surface area contributed by atoms with E-state index in [1.807, 2.05) is 19.9 Å². The minimum Gasteiger partial charge on any atom is -0.490 e. The zero-order valence-corrected chi connectivity index (χ0v) is 13.2. The molecule has 1 aliphatic heterocycles. The van der Waals surface area contributed by atoms with Gasteiger partial charge in [-0.15, -0.1) is 11.8 Å². The fourth-order valence-electron chi connectivity index (χ4n) is 2.02. The van der Waals surface area contributed by atoms with Crippen LogP contribution in [-0.2, 0) is 4.79 Å². The molecule has 2 atom stereocenters. The van der Waals surface area contributed by atoms with E-state index in [9.17, 15) is 4.79 Å². The molecule has 0 bridgehead atoms. The summed E-state index contributed by atoms with van der Waals surface area (Å²) in [4.78, 5) is 10.8. The molecule has 0 spiro atoms. The molecule has 2 rings (SSSR count). The third-order valence-electron chi connectivity index (χ3n) is 2.90. The molecule has 0 aliphatic carbocycles. The minimum atomic E-state index is -0.803. The van der Waals surface area contributed by atoms with Gasteiger partial charge in [-0.3, -0.25) is 10.1 Å². The van der Waals surface area contributed by atoms with Crippen molar-refractivity contribution in [2.45, 2.75) is 25.3 Å². The predicted molar refractivity (Wildman–Crippen MR) is 79.9 cm³/mol. The Kier molecular flexibility index (Phi) is 4.76. The van der Waals surface area contributed by atoms with Crippen LogP contribution in [0.15, 0.2) is 16.6 Å². The first kappa shape index (κ1) is 14.7. The van der Waals surface area contributed by atoms with Crippen LogP contribution in [0.4, 0.5) is 0 Å². The summed E-state index contributed by atoms with van der Waals surface area (Å²) >= 11 is 5.08. The van der Waals surface area contributed by atoms with Gasteiger partial charge >= 0.3 is 5.97 Å². The topological polar surface area (TPSA) is 58.6 Å². The van der Waals surface area contributed by atoms with Crippen LogP contribution in [0.3, 0.4) is 0 Å². The van der Waals surface area contributed by atoms with Crippen LogP contribution in [0, 0.1) is 13.8 Å². The van der Waals surface area contributed by atoms with Crippen LogP contribution >= 0.6 is 27.7 Å². The number of aliphatic carboxylic acids is 1. The number of nitrogens with one attached hydrogen (secondary N) is 1. The molecule has 2 unspecified atom stereocenters. The summed E-state index contributed by atoms with van der Waals surface area (Å²) in [5, 5.41) is 12.0. The van der Waals surface area contributed by atoms with Crippen molar-refractivity contribution in [3.63, 3.8) is 0 Å². The quantitative estimate of drug-likeness (QED) is 0.878. The lowest BCUT2D eigenvalue weighted by Crippen LogP contribution is -2.38. The Morgan fingerprint density at radius 1 is 1.58 bits per heavy atom. The number of benzene rings is 1. The van der Waals surface area contributed by atoms with Gasteiger partial charge in [-0.05, 0) is 47.0 Å². The van der Waals surface area contributed by atoms with Crippen LogP contribution in [-0.4, -0.2) is 34.9 Å². The molecule has 0 amide bonds. The lowest BCUT2D eigenvalue weighted by molar-refractivity contribution is -0.138. The predicted octanol–water partition coefficient (Wildman–Crippen LogP) is 2.56. The van der Waals surface area contributed by atoms with E-state index in [0.29, 0.717) is 12.4 Å². The average molecular weight is 346 g/mol. The second kappa shape index (κ2) is 6.15. The third kappa shape index (κ3) is 3.64. The van der Waals surface area contributed by atoms with Crippen LogP contribution in [0.1, 0.15) is 11.1 Å². The number of hydrogen-bond acceptors (Lipinski definition) is 4. The number of hydrogen-bond donors (Lipinski definition) is 2. The Morgan fingerprint density at radius 3 is 2.89 bits per heavy atom. The summed E-state index contributed by atoms with van der Waals surface area (Å²) in [6, 6.07) is 3.61. The van der Waals surface area contributed by atoms with Gasteiger partial charge in [-0.1, -0.05) is 6.07 Å². The lowest BCUT2D eigenvalue weighted by atomic mass is 10.1. The summed E-state index contributed by atoms with van der Waals surface area (Å²) in [6.45, 7) is 4.49. The smallest absolute Gasteiger partial charge is 0.321 e. The van der Waals surface area contributed by atoms with Gasteiger partial charge in [0.15, 0.2) is 0 Å². The summed E-state index contributed by atoms with van der Waals surface area (Å²) in [5.74, 6) is 0.603. The SMILES string of the molecule is Cc1cc(C)c(OCC2NC(C(=O)O)CS2)c(Br)c1. The Labute approximate surface area is 125 Å². The number of ether oxygens (including phenoxy) is 1. The molecule has 0 saturated carbocycles. The number of thioether (sulfide) groups is 1. The maximum absolute atomic E-state index is 10.8. The third-order valence-corrected chi connectivity index (χ3v) is 4.69. The highest BCUT2D eigenvalue weighted by molar-refractivity contribution is 9.10. The van der Waals surface area contributed by atoms with E-state index in [0.717, 1.165) is 15.8 Å². The van der Waals surface area contributed by atoms with Crippen molar-refractivity contribution in [1.82, 2.24) is 5.32 Å². The van der Waals surface area contributed by atoms with E-state index in [4.69, 9.17) is 9.84 Å². The molecule has 1 aliphatic rings. The first-order valence-electron chi connectivity index (χ1n) is 5.97. The van der Waals surface area contributed by atoms with Crippen molar-refractivity contribution < 1.29 is 14.6 Å². The van der Waals surface area contributed by atoms with Crippen molar-refractivity contribution in [1.29, 1.82) is 0 Å². The Morgan fingerprint density at radius 2 is 2.32 bits per heavy atom. The molecule has 6 heteroatoms. The van der Waals surface area contributed by atoms with E-state index in [1.165, 1.54) is 5.56 Å². The molecule has 1 fully saturated rings. The number of rotatable bonds is 4. The standard InChI is InChI=1S/C13H16BrNO3S/c1-7-3-8(2)12(9(14)4-7)18-5-11-15-10(6-19-11)13(16)17/h3-4,10-11,15H,5-6H2,1-2H3,(H,16,17). The second-order valence-corrected chi connectivity index (χ2v) is 6.67.